The van der Waals surface area contributed by atoms with Gasteiger partial charge in [-0.25, -0.2) is 4.79 Å². The van der Waals surface area contributed by atoms with E-state index >= 15 is 0 Å². The number of furan rings is 1. The highest BCUT2D eigenvalue weighted by Crippen LogP contribution is 2.25. The van der Waals surface area contributed by atoms with Crippen LogP contribution in [0.15, 0.2) is 10.5 Å². The summed E-state index contributed by atoms with van der Waals surface area (Å²) in [4.78, 5) is 23.5. The average Bonchev–Trinajstić information content (AvgIpc) is 3.02. The van der Waals surface area contributed by atoms with E-state index in [1.807, 2.05) is 0 Å². The second kappa shape index (κ2) is 5.66. The molecule has 1 saturated heterocycles. The summed E-state index contributed by atoms with van der Waals surface area (Å²) in [6, 6.07) is 1.58. The number of carbonyl (C=O) groups is 2. The minimum atomic E-state index is -0.757. The minimum Gasteiger partial charge on any atom is -0.465 e. The van der Waals surface area contributed by atoms with Gasteiger partial charge in [-0.15, -0.1) is 0 Å². The Morgan fingerprint density at radius 3 is 2.85 bits per heavy atom. The van der Waals surface area contributed by atoms with Crippen LogP contribution in [0.5, 0.6) is 0 Å². The van der Waals surface area contributed by atoms with E-state index in [4.69, 9.17) is 9.15 Å². The summed E-state index contributed by atoms with van der Waals surface area (Å²) >= 11 is 0. The van der Waals surface area contributed by atoms with Crippen LogP contribution in [0.2, 0.25) is 0 Å². The molecule has 0 unspecified atom stereocenters. The number of esters is 1. The van der Waals surface area contributed by atoms with E-state index < -0.39 is 11.6 Å². The predicted octanol–water partition coefficient (Wildman–Crippen LogP) is 1.56. The normalized spacial score (nSPS) is 21.8. The van der Waals surface area contributed by atoms with E-state index in [-0.39, 0.29) is 12.5 Å². The molecule has 1 aromatic heterocycles. The van der Waals surface area contributed by atoms with Gasteiger partial charge in [0.1, 0.15) is 22.7 Å². The van der Waals surface area contributed by atoms with Gasteiger partial charge in [-0.1, -0.05) is 0 Å². The molecule has 2 rings (SSSR count). The number of carbonyl (C=O) groups excluding carboxylic acids is 2. The zero-order valence-corrected chi connectivity index (χ0v) is 11.9. The molecule has 1 aliphatic rings. The Kier molecular flexibility index (Phi) is 4.13. The second-order valence-electron chi connectivity index (χ2n) is 5.04. The largest absolute Gasteiger partial charge is 0.465 e. The standard InChI is InChI=1S/C14H19NO5/c1-9-11(12(16)18-3)7-10(20-9)8-15-13(17)14(2)5-4-6-19-14/h7H,4-6,8H2,1-3H3,(H,15,17)/t14-/m0/s1. The van der Waals surface area contributed by atoms with Crippen molar-refractivity contribution in [1.29, 1.82) is 0 Å². The maximum absolute atomic E-state index is 12.1. The van der Waals surface area contributed by atoms with Crippen molar-refractivity contribution in [3.63, 3.8) is 0 Å². The number of amides is 1. The lowest BCUT2D eigenvalue weighted by atomic mass is 10.0. The molecule has 110 valence electrons. The summed E-state index contributed by atoms with van der Waals surface area (Å²) in [7, 11) is 1.31. The van der Waals surface area contributed by atoms with Gasteiger partial charge >= 0.3 is 5.97 Å². The highest BCUT2D eigenvalue weighted by molar-refractivity contribution is 5.90. The molecule has 1 atom stereocenters. The third kappa shape index (κ3) is 2.85. The number of methoxy groups -OCH3 is 1. The number of ether oxygens (including phenoxy) is 2. The zero-order chi connectivity index (χ0) is 14.8. The van der Waals surface area contributed by atoms with Crippen LogP contribution in [0, 0.1) is 6.92 Å². The van der Waals surface area contributed by atoms with Gasteiger partial charge in [-0.3, -0.25) is 4.79 Å². The lowest BCUT2D eigenvalue weighted by Crippen LogP contribution is -2.43. The molecule has 0 radical (unpaired) electrons. The maximum Gasteiger partial charge on any atom is 0.341 e. The molecule has 2 heterocycles. The van der Waals surface area contributed by atoms with Crippen LogP contribution in [-0.2, 0) is 20.8 Å². The Bertz CT molecular complexity index is 514. The summed E-state index contributed by atoms with van der Waals surface area (Å²) < 4.78 is 15.5. The molecule has 1 aliphatic heterocycles. The summed E-state index contributed by atoms with van der Waals surface area (Å²) in [5.74, 6) is 0.376. The molecule has 1 amide bonds. The fourth-order valence-corrected chi connectivity index (χ4v) is 2.26. The van der Waals surface area contributed by atoms with Crippen molar-refractivity contribution in [3.8, 4) is 0 Å². The Balaban J connectivity index is 1.97. The molecule has 0 aromatic carbocycles. The monoisotopic (exact) mass is 281 g/mol. The van der Waals surface area contributed by atoms with Crippen molar-refractivity contribution in [3.05, 3.63) is 23.2 Å². The van der Waals surface area contributed by atoms with E-state index in [0.717, 1.165) is 6.42 Å². The molecule has 1 N–H and O–H groups in total. The first-order valence-corrected chi connectivity index (χ1v) is 6.56. The fourth-order valence-electron chi connectivity index (χ4n) is 2.26. The molecule has 0 saturated carbocycles. The van der Waals surface area contributed by atoms with Crippen LogP contribution in [0.3, 0.4) is 0 Å². The summed E-state index contributed by atoms with van der Waals surface area (Å²) in [6.07, 6.45) is 1.60. The van der Waals surface area contributed by atoms with E-state index in [9.17, 15) is 9.59 Å². The Hall–Kier alpha value is -1.82. The predicted molar refractivity (Wildman–Crippen MR) is 70.2 cm³/mol. The third-order valence-electron chi connectivity index (χ3n) is 3.50. The van der Waals surface area contributed by atoms with Crippen molar-refractivity contribution < 1.29 is 23.5 Å². The summed E-state index contributed by atoms with van der Waals surface area (Å²) in [6.45, 7) is 4.29. The van der Waals surface area contributed by atoms with Crippen LogP contribution in [0.4, 0.5) is 0 Å². The van der Waals surface area contributed by atoms with Crippen LogP contribution in [0.25, 0.3) is 0 Å². The van der Waals surface area contributed by atoms with E-state index in [1.165, 1.54) is 7.11 Å². The molecular formula is C14H19NO5. The SMILES string of the molecule is COC(=O)c1cc(CNC(=O)[C@]2(C)CCCO2)oc1C. The molecular weight excluding hydrogens is 262 g/mol. The van der Waals surface area contributed by atoms with Crippen molar-refractivity contribution in [1.82, 2.24) is 5.32 Å². The van der Waals surface area contributed by atoms with E-state index in [1.54, 1.807) is 19.9 Å². The van der Waals surface area contributed by atoms with Gasteiger partial charge in [0.25, 0.3) is 5.91 Å². The van der Waals surface area contributed by atoms with Crippen LogP contribution >= 0.6 is 0 Å². The van der Waals surface area contributed by atoms with Crippen molar-refractivity contribution in [2.75, 3.05) is 13.7 Å². The smallest absolute Gasteiger partial charge is 0.341 e. The topological polar surface area (TPSA) is 77.8 Å². The zero-order valence-electron chi connectivity index (χ0n) is 11.9. The molecule has 0 bridgehead atoms. The Morgan fingerprint density at radius 1 is 1.50 bits per heavy atom. The number of hydrogen-bond acceptors (Lipinski definition) is 5. The van der Waals surface area contributed by atoms with Crippen LogP contribution in [0.1, 0.15) is 41.6 Å². The number of aryl methyl sites for hydroxylation is 1. The van der Waals surface area contributed by atoms with Gasteiger partial charge in [0, 0.05) is 6.61 Å². The van der Waals surface area contributed by atoms with E-state index in [0.29, 0.717) is 30.1 Å². The first-order valence-electron chi connectivity index (χ1n) is 6.56. The highest BCUT2D eigenvalue weighted by atomic mass is 16.5. The highest BCUT2D eigenvalue weighted by Gasteiger charge is 2.37. The summed E-state index contributed by atoms with van der Waals surface area (Å²) in [5, 5.41) is 2.77. The maximum atomic E-state index is 12.1. The lowest BCUT2D eigenvalue weighted by molar-refractivity contribution is -0.139. The van der Waals surface area contributed by atoms with Crippen molar-refractivity contribution in [2.45, 2.75) is 38.8 Å². The molecule has 0 spiro atoms. The molecule has 0 aliphatic carbocycles. The number of nitrogens with one attached hydrogen (secondary N) is 1. The Morgan fingerprint density at radius 2 is 2.25 bits per heavy atom. The second-order valence-corrected chi connectivity index (χ2v) is 5.04. The molecule has 1 aromatic rings. The average molecular weight is 281 g/mol. The molecule has 6 nitrogen and oxygen atoms in total. The van der Waals surface area contributed by atoms with Gasteiger partial charge in [0.05, 0.1) is 13.7 Å². The number of hydrogen-bond donors (Lipinski definition) is 1. The molecule has 6 heteroatoms. The van der Waals surface area contributed by atoms with Gasteiger partial charge in [0.2, 0.25) is 0 Å². The van der Waals surface area contributed by atoms with Gasteiger partial charge in [-0.2, -0.15) is 0 Å². The minimum absolute atomic E-state index is 0.163. The number of rotatable bonds is 4. The quantitative estimate of drug-likeness (QED) is 0.847. The van der Waals surface area contributed by atoms with E-state index in [2.05, 4.69) is 10.1 Å². The molecule has 1 fully saturated rings. The summed E-state index contributed by atoms with van der Waals surface area (Å²) in [5.41, 5.74) is -0.382. The lowest BCUT2D eigenvalue weighted by Gasteiger charge is -2.21. The van der Waals surface area contributed by atoms with Gasteiger partial charge < -0.3 is 19.2 Å². The van der Waals surface area contributed by atoms with Gasteiger partial charge in [-0.05, 0) is 32.8 Å². The fraction of sp³-hybridized carbons (Fsp3) is 0.571. The Labute approximate surface area is 117 Å². The first-order chi connectivity index (χ1) is 9.46. The molecule has 20 heavy (non-hydrogen) atoms. The van der Waals surface area contributed by atoms with Crippen LogP contribution < -0.4 is 5.32 Å². The van der Waals surface area contributed by atoms with Crippen molar-refractivity contribution in [2.24, 2.45) is 0 Å². The van der Waals surface area contributed by atoms with Gasteiger partial charge in [0.15, 0.2) is 0 Å². The first kappa shape index (κ1) is 14.6. The van der Waals surface area contributed by atoms with Crippen molar-refractivity contribution >= 4 is 11.9 Å². The van der Waals surface area contributed by atoms with Crippen LogP contribution in [-0.4, -0.2) is 31.2 Å². The third-order valence-corrected chi connectivity index (χ3v) is 3.50.